The summed E-state index contributed by atoms with van der Waals surface area (Å²) < 4.78 is 19.2. The first-order valence-corrected chi connectivity index (χ1v) is 11.5. The van der Waals surface area contributed by atoms with E-state index in [1.54, 1.807) is 0 Å². The van der Waals surface area contributed by atoms with Crippen LogP contribution in [0.3, 0.4) is 0 Å². The first-order valence-electron chi connectivity index (χ1n) is 11.5. The maximum atomic E-state index is 9.72. The van der Waals surface area contributed by atoms with Crippen LogP contribution in [0, 0.1) is 5.92 Å². The summed E-state index contributed by atoms with van der Waals surface area (Å²) in [4.78, 5) is 4.96. The molecule has 3 aromatic rings. The van der Waals surface area contributed by atoms with Gasteiger partial charge < -0.3 is 30.4 Å². The van der Waals surface area contributed by atoms with Gasteiger partial charge in [-0.15, -0.1) is 0 Å². The van der Waals surface area contributed by atoms with Crippen LogP contribution in [0.1, 0.15) is 26.3 Å². The van der Waals surface area contributed by atoms with Gasteiger partial charge >= 0.3 is 0 Å². The number of hydrogen-bond donors (Lipinski definition) is 3. The second kappa shape index (κ2) is 9.26. The zero-order valence-corrected chi connectivity index (χ0v) is 19.0. The number of rotatable bonds is 8. The van der Waals surface area contributed by atoms with Gasteiger partial charge in [0.05, 0.1) is 36.5 Å². The first kappa shape index (κ1) is 22.1. The van der Waals surface area contributed by atoms with Crippen molar-refractivity contribution in [1.82, 2.24) is 14.8 Å². The number of benzene rings is 1. The summed E-state index contributed by atoms with van der Waals surface area (Å²) >= 11 is 0. The molecule has 4 N–H and O–H groups in total. The lowest BCUT2D eigenvalue weighted by molar-refractivity contribution is -0.0904. The quantitative estimate of drug-likeness (QED) is 0.476. The van der Waals surface area contributed by atoms with Crippen LogP contribution in [-0.2, 0) is 9.47 Å². The molecule has 2 saturated heterocycles. The van der Waals surface area contributed by atoms with E-state index in [0.717, 1.165) is 41.0 Å². The summed E-state index contributed by atoms with van der Waals surface area (Å²) in [6.07, 6.45) is 2.05. The normalized spacial score (nSPS) is 23.2. The molecule has 0 amide bonds. The predicted molar refractivity (Wildman–Crippen MR) is 125 cm³/mol. The van der Waals surface area contributed by atoms with Crippen LogP contribution in [0.15, 0.2) is 36.5 Å². The Labute approximate surface area is 192 Å². The SMILES string of the molecule is CC(C)n1ncc2c(NC3COC4OCCC34)cc(-c3cccc(OCC(O)CN)c3)nc21. The third kappa shape index (κ3) is 4.41. The van der Waals surface area contributed by atoms with Crippen LogP contribution < -0.4 is 15.8 Å². The molecule has 2 aliphatic heterocycles. The van der Waals surface area contributed by atoms with E-state index in [0.29, 0.717) is 18.3 Å². The Bertz CT molecular complexity index is 1120. The minimum absolute atomic E-state index is 0.115. The number of hydrogen-bond acceptors (Lipinski definition) is 8. The largest absolute Gasteiger partial charge is 0.491 e. The molecule has 5 rings (SSSR count). The van der Waals surface area contributed by atoms with E-state index < -0.39 is 6.10 Å². The Morgan fingerprint density at radius 3 is 3.00 bits per heavy atom. The highest BCUT2D eigenvalue weighted by molar-refractivity contribution is 5.92. The molecule has 0 spiro atoms. The zero-order chi connectivity index (χ0) is 22.9. The first-order chi connectivity index (χ1) is 16.0. The molecule has 0 bridgehead atoms. The number of fused-ring (bicyclic) bond motifs is 2. The van der Waals surface area contributed by atoms with Crippen molar-refractivity contribution >= 4 is 16.7 Å². The van der Waals surface area contributed by atoms with E-state index in [1.165, 1.54) is 0 Å². The molecular weight excluding hydrogens is 422 g/mol. The number of aliphatic hydroxyl groups is 1. The monoisotopic (exact) mass is 453 g/mol. The van der Waals surface area contributed by atoms with Gasteiger partial charge in [-0.05, 0) is 38.5 Å². The van der Waals surface area contributed by atoms with Gasteiger partial charge in [0.1, 0.15) is 18.5 Å². The Kier molecular flexibility index (Phi) is 6.20. The van der Waals surface area contributed by atoms with E-state index in [4.69, 9.17) is 24.9 Å². The molecule has 0 aliphatic carbocycles. The van der Waals surface area contributed by atoms with Crippen molar-refractivity contribution in [3.63, 3.8) is 0 Å². The molecule has 2 fully saturated rings. The third-order valence-electron chi connectivity index (χ3n) is 6.28. The van der Waals surface area contributed by atoms with Crippen molar-refractivity contribution < 1.29 is 19.3 Å². The molecular formula is C24H31N5O4. The molecule has 1 aromatic carbocycles. The number of ether oxygens (including phenoxy) is 3. The van der Waals surface area contributed by atoms with E-state index in [2.05, 4.69) is 30.3 Å². The van der Waals surface area contributed by atoms with Crippen LogP contribution >= 0.6 is 0 Å². The van der Waals surface area contributed by atoms with Crippen LogP contribution in [0.25, 0.3) is 22.3 Å². The molecule has 4 unspecified atom stereocenters. The van der Waals surface area contributed by atoms with Gasteiger partial charge in [-0.25, -0.2) is 9.67 Å². The highest BCUT2D eigenvalue weighted by Crippen LogP contribution is 2.36. The Hall–Kier alpha value is -2.72. The van der Waals surface area contributed by atoms with Crippen molar-refractivity contribution in [3.8, 4) is 17.0 Å². The van der Waals surface area contributed by atoms with Crippen molar-refractivity contribution in [2.75, 3.05) is 31.7 Å². The number of pyridine rings is 1. The lowest BCUT2D eigenvalue weighted by atomic mass is 10.00. The van der Waals surface area contributed by atoms with Crippen molar-refractivity contribution in [2.45, 2.75) is 44.7 Å². The number of aliphatic hydroxyl groups excluding tert-OH is 1. The standard InChI is InChI=1S/C24H31N5O4/c1-14(2)29-23-19(11-26-29)21(27-22-13-33-24-18(22)6-7-31-24)9-20(28-23)15-4-3-5-17(8-15)32-12-16(30)10-25/h3-5,8-9,11,14,16,18,22,24,30H,6-7,10,12-13,25H2,1-2H3,(H,27,28). The van der Waals surface area contributed by atoms with E-state index in [-0.39, 0.29) is 31.5 Å². The predicted octanol–water partition coefficient (Wildman–Crippen LogP) is 2.55. The summed E-state index contributed by atoms with van der Waals surface area (Å²) in [5.41, 5.74) is 9.02. The summed E-state index contributed by atoms with van der Waals surface area (Å²) in [6.45, 7) is 5.84. The van der Waals surface area contributed by atoms with Gasteiger partial charge in [0.15, 0.2) is 11.9 Å². The Morgan fingerprint density at radius 2 is 2.18 bits per heavy atom. The maximum absolute atomic E-state index is 9.72. The molecule has 0 radical (unpaired) electrons. The molecule has 4 atom stereocenters. The molecule has 4 heterocycles. The summed E-state index contributed by atoms with van der Waals surface area (Å²) in [7, 11) is 0. The summed E-state index contributed by atoms with van der Waals surface area (Å²) in [5, 5.41) is 19.0. The zero-order valence-electron chi connectivity index (χ0n) is 19.0. The van der Waals surface area contributed by atoms with Crippen LogP contribution in [-0.4, -0.2) is 64.7 Å². The highest BCUT2D eigenvalue weighted by Gasteiger charge is 2.41. The summed E-state index contributed by atoms with van der Waals surface area (Å²) in [5.74, 6) is 0.992. The smallest absolute Gasteiger partial charge is 0.162 e. The molecule has 33 heavy (non-hydrogen) atoms. The van der Waals surface area contributed by atoms with Crippen molar-refractivity contribution in [3.05, 3.63) is 36.5 Å². The minimum Gasteiger partial charge on any atom is -0.491 e. The molecule has 9 nitrogen and oxygen atoms in total. The van der Waals surface area contributed by atoms with Gasteiger partial charge in [0, 0.05) is 29.8 Å². The van der Waals surface area contributed by atoms with E-state index >= 15 is 0 Å². The van der Waals surface area contributed by atoms with Gasteiger partial charge in [-0.3, -0.25) is 0 Å². The average Bonchev–Trinajstić information content (AvgIpc) is 3.54. The molecule has 9 heteroatoms. The Balaban J connectivity index is 1.50. The van der Waals surface area contributed by atoms with Gasteiger partial charge in [0.2, 0.25) is 0 Å². The van der Waals surface area contributed by atoms with Gasteiger partial charge in [-0.2, -0.15) is 5.10 Å². The van der Waals surface area contributed by atoms with Crippen molar-refractivity contribution in [1.29, 1.82) is 0 Å². The average molecular weight is 454 g/mol. The van der Waals surface area contributed by atoms with Crippen molar-refractivity contribution in [2.24, 2.45) is 11.7 Å². The second-order valence-electron chi connectivity index (χ2n) is 8.98. The molecule has 2 aromatic heterocycles. The number of nitrogens with zero attached hydrogens (tertiary/aromatic N) is 3. The third-order valence-corrected chi connectivity index (χ3v) is 6.28. The number of nitrogens with one attached hydrogen (secondary N) is 1. The lowest BCUT2D eigenvalue weighted by Gasteiger charge is -2.19. The molecule has 2 aliphatic rings. The fourth-order valence-corrected chi connectivity index (χ4v) is 4.48. The fraction of sp³-hybridized carbons (Fsp3) is 0.500. The fourth-order valence-electron chi connectivity index (χ4n) is 4.48. The minimum atomic E-state index is -0.698. The molecule has 176 valence electrons. The number of anilines is 1. The van der Waals surface area contributed by atoms with E-state index in [1.807, 2.05) is 35.1 Å². The molecule has 0 saturated carbocycles. The number of aromatic nitrogens is 3. The van der Waals surface area contributed by atoms with Crippen LogP contribution in [0.4, 0.5) is 5.69 Å². The van der Waals surface area contributed by atoms with Crippen LogP contribution in [0.5, 0.6) is 5.75 Å². The highest BCUT2D eigenvalue weighted by atomic mass is 16.7. The lowest BCUT2D eigenvalue weighted by Crippen LogP contribution is -2.28. The number of nitrogens with two attached hydrogens (primary N) is 1. The second-order valence-corrected chi connectivity index (χ2v) is 8.98. The van der Waals surface area contributed by atoms with Gasteiger partial charge in [-0.1, -0.05) is 12.1 Å². The Morgan fingerprint density at radius 1 is 1.30 bits per heavy atom. The maximum Gasteiger partial charge on any atom is 0.162 e. The van der Waals surface area contributed by atoms with Gasteiger partial charge in [0.25, 0.3) is 0 Å². The van der Waals surface area contributed by atoms with Crippen LogP contribution in [0.2, 0.25) is 0 Å². The summed E-state index contributed by atoms with van der Waals surface area (Å²) in [6, 6.07) is 10.1. The topological polar surface area (TPSA) is 117 Å². The van der Waals surface area contributed by atoms with E-state index in [9.17, 15) is 5.11 Å².